The van der Waals surface area contributed by atoms with Gasteiger partial charge in [0.15, 0.2) is 0 Å². The first-order valence-electron chi connectivity index (χ1n) is 5.83. The molecule has 2 heteroatoms. The molecule has 0 heterocycles. The Balaban J connectivity index is 3.96. The molecule has 0 saturated carbocycles. The Bertz CT molecular complexity index is 141. The molecule has 2 unspecified atom stereocenters. The summed E-state index contributed by atoms with van der Waals surface area (Å²) in [6, 6.07) is 0. The second-order valence-electron chi connectivity index (χ2n) is 5.00. The highest BCUT2D eigenvalue weighted by atomic mass is 16.6. The summed E-state index contributed by atoms with van der Waals surface area (Å²) in [5.74, 6) is 5.98. The number of nitrogens with two attached hydrogens (primary N) is 1. The van der Waals surface area contributed by atoms with Crippen LogP contribution < -0.4 is 5.90 Å². The van der Waals surface area contributed by atoms with E-state index < -0.39 is 0 Å². The average Bonchev–Trinajstić information content (AvgIpc) is 2.18. The van der Waals surface area contributed by atoms with Crippen molar-refractivity contribution < 1.29 is 4.84 Å². The standard InChI is InChI=1S/C12H27NO/c1-6-10(3)12(4,5)9-8-11(7-2)14-13/h10-11H,6-9,13H2,1-5H3. The number of rotatable bonds is 7. The lowest BCUT2D eigenvalue weighted by molar-refractivity contribution is 0.0311. The van der Waals surface area contributed by atoms with Crippen molar-refractivity contribution in [1.82, 2.24) is 0 Å². The molecule has 0 aromatic carbocycles. The van der Waals surface area contributed by atoms with E-state index in [4.69, 9.17) is 10.7 Å². The molecule has 0 aliphatic heterocycles. The van der Waals surface area contributed by atoms with Gasteiger partial charge >= 0.3 is 0 Å². The van der Waals surface area contributed by atoms with Crippen molar-refractivity contribution in [3.8, 4) is 0 Å². The molecule has 0 radical (unpaired) electrons. The van der Waals surface area contributed by atoms with Crippen LogP contribution in [0.5, 0.6) is 0 Å². The van der Waals surface area contributed by atoms with Crippen molar-refractivity contribution in [1.29, 1.82) is 0 Å². The molecule has 0 amide bonds. The number of hydrogen-bond acceptors (Lipinski definition) is 2. The Morgan fingerprint density at radius 1 is 1.21 bits per heavy atom. The first kappa shape index (κ1) is 13.9. The van der Waals surface area contributed by atoms with Crippen LogP contribution in [0.4, 0.5) is 0 Å². The fourth-order valence-electron chi connectivity index (χ4n) is 1.70. The Labute approximate surface area is 89.2 Å². The highest BCUT2D eigenvalue weighted by molar-refractivity contribution is 4.75. The number of hydrogen-bond donors (Lipinski definition) is 1. The van der Waals surface area contributed by atoms with Crippen LogP contribution >= 0.6 is 0 Å². The summed E-state index contributed by atoms with van der Waals surface area (Å²) >= 11 is 0. The van der Waals surface area contributed by atoms with Crippen molar-refractivity contribution in [2.24, 2.45) is 17.2 Å². The molecule has 0 fully saturated rings. The van der Waals surface area contributed by atoms with E-state index >= 15 is 0 Å². The molecule has 86 valence electrons. The van der Waals surface area contributed by atoms with E-state index in [9.17, 15) is 0 Å². The predicted octanol–water partition coefficient (Wildman–Crippen LogP) is 3.51. The molecule has 0 aromatic heterocycles. The largest absolute Gasteiger partial charge is 0.301 e. The van der Waals surface area contributed by atoms with E-state index in [0.29, 0.717) is 5.41 Å². The van der Waals surface area contributed by atoms with E-state index in [2.05, 4.69) is 34.6 Å². The van der Waals surface area contributed by atoms with Gasteiger partial charge in [-0.1, -0.05) is 41.0 Å². The smallest absolute Gasteiger partial charge is 0.0785 e. The maximum Gasteiger partial charge on any atom is 0.0785 e. The zero-order valence-corrected chi connectivity index (χ0v) is 10.5. The lowest BCUT2D eigenvalue weighted by atomic mass is 9.74. The molecule has 2 atom stereocenters. The van der Waals surface area contributed by atoms with Crippen molar-refractivity contribution in [3.63, 3.8) is 0 Å². The highest BCUT2D eigenvalue weighted by Gasteiger charge is 2.25. The lowest BCUT2D eigenvalue weighted by Crippen LogP contribution is -2.25. The van der Waals surface area contributed by atoms with Gasteiger partial charge in [0.25, 0.3) is 0 Å². The van der Waals surface area contributed by atoms with Crippen LogP contribution in [0.25, 0.3) is 0 Å². The van der Waals surface area contributed by atoms with Crippen LogP contribution in [0.15, 0.2) is 0 Å². The molecule has 0 aliphatic rings. The van der Waals surface area contributed by atoms with Gasteiger partial charge < -0.3 is 4.84 Å². The monoisotopic (exact) mass is 201 g/mol. The first-order chi connectivity index (χ1) is 6.47. The lowest BCUT2D eigenvalue weighted by Gasteiger charge is -2.32. The summed E-state index contributed by atoms with van der Waals surface area (Å²) in [5.41, 5.74) is 0.403. The van der Waals surface area contributed by atoms with Crippen LogP contribution in [-0.2, 0) is 4.84 Å². The van der Waals surface area contributed by atoms with Gasteiger partial charge in [-0.15, -0.1) is 0 Å². The summed E-state index contributed by atoms with van der Waals surface area (Å²) in [7, 11) is 0. The van der Waals surface area contributed by atoms with E-state index in [1.54, 1.807) is 0 Å². The molecule has 0 saturated heterocycles. The molecular formula is C12H27NO. The molecular weight excluding hydrogens is 174 g/mol. The van der Waals surface area contributed by atoms with Crippen LogP contribution in [0.1, 0.15) is 60.3 Å². The Kier molecular flexibility index (Phi) is 6.38. The van der Waals surface area contributed by atoms with E-state index in [0.717, 1.165) is 18.8 Å². The third-order valence-electron chi connectivity index (χ3n) is 3.70. The van der Waals surface area contributed by atoms with Gasteiger partial charge in [0, 0.05) is 0 Å². The summed E-state index contributed by atoms with van der Waals surface area (Å²) in [4.78, 5) is 4.91. The SMILES string of the molecule is CCC(CCC(C)(C)C(C)CC)ON. The first-order valence-corrected chi connectivity index (χ1v) is 5.83. The van der Waals surface area contributed by atoms with Crippen molar-refractivity contribution >= 4 is 0 Å². The minimum absolute atomic E-state index is 0.235. The summed E-state index contributed by atoms with van der Waals surface area (Å²) in [6.45, 7) is 11.4. The van der Waals surface area contributed by atoms with E-state index in [1.165, 1.54) is 12.8 Å². The van der Waals surface area contributed by atoms with E-state index in [1.807, 2.05) is 0 Å². The highest BCUT2D eigenvalue weighted by Crippen LogP contribution is 2.34. The average molecular weight is 201 g/mol. The Morgan fingerprint density at radius 2 is 1.79 bits per heavy atom. The van der Waals surface area contributed by atoms with Crippen LogP contribution in [0.2, 0.25) is 0 Å². The van der Waals surface area contributed by atoms with Gasteiger partial charge in [0.1, 0.15) is 0 Å². The zero-order valence-electron chi connectivity index (χ0n) is 10.5. The van der Waals surface area contributed by atoms with E-state index in [-0.39, 0.29) is 6.10 Å². The van der Waals surface area contributed by atoms with Crippen molar-refractivity contribution in [2.45, 2.75) is 66.4 Å². The summed E-state index contributed by atoms with van der Waals surface area (Å²) in [6.07, 6.45) is 4.75. The van der Waals surface area contributed by atoms with Crippen molar-refractivity contribution in [3.05, 3.63) is 0 Å². The van der Waals surface area contributed by atoms with Gasteiger partial charge in [-0.3, -0.25) is 0 Å². The quantitative estimate of drug-likeness (QED) is 0.640. The molecule has 0 aromatic rings. The molecule has 0 bridgehead atoms. The van der Waals surface area contributed by atoms with Gasteiger partial charge in [-0.2, -0.15) is 0 Å². The topological polar surface area (TPSA) is 35.2 Å². The fourth-order valence-corrected chi connectivity index (χ4v) is 1.70. The van der Waals surface area contributed by atoms with Gasteiger partial charge in [0.05, 0.1) is 6.10 Å². The maximum absolute atomic E-state index is 5.22. The minimum atomic E-state index is 0.235. The minimum Gasteiger partial charge on any atom is -0.301 e. The van der Waals surface area contributed by atoms with Crippen LogP contribution in [0, 0.1) is 11.3 Å². The second-order valence-corrected chi connectivity index (χ2v) is 5.00. The van der Waals surface area contributed by atoms with Crippen LogP contribution in [0.3, 0.4) is 0 Å². The Morgan fingerprint density at radius 3 is 2.14 bits per heavy atom. The summed E-state index contributed by atoms with van der Waals surface area (Å²) in [5, 5.41) is 0. The molecule has 14 heavy (non-hydrogen) atoms. The van der Waals surface area contributed by atoms with Gasteiger partial charge in [-0.25, -0.2) is 5.90 Å². The molecule has 2 N–H and O–H groups in total. The van der Waals surface area contributed by atoms with Gasteiger partial charge in [-0.05, 0) is 30.6 Å². The zero-order chi connectivity index (χ0) is 11.2. The molecule has 0 rings (SSSR count). The third kappa shape index (κ3) is 4.43. The molecule has 2 nitrogen and oxygen atoms in total. The molecule has 0 spiro atoms. The second kappa shape index (κ2) is 6.41. The Hall–Kier alpha value is -0.0800. The van der Waals surface area contributed by atoms with Crippen LogP contribution in [-0.4, -0.2) is 6.10 Å². The maximum atomic E-state index is 5.22. The molecule has 0 aliphatic carbocycles. The summed E-state index contributed by atoms with van der Waals surface area (Å²) < 4.78 is 0. The normalized spacial score (nSPS) is 16.7. The third-order valence-corrected chi connectivity index (χ3v) is 3.70. The predicted molar refractivity (Wildman–Crippen MR) is 61.8 cm³/mol. The van der Waals surface area contributed by atoms with Gasteiger partial charge in [0.2, 0.25) is 0 Å². The fraction of sp³-hybridized carbons (Fsp3) is 1.00. The van der Waals surface area contributed by atoms with Crippen molar-refractivity contribution in [2.75, 3.05) is 0 Å².